The van der Waals surface area contributed by atoms with Crippen LogP contribution in [-0.4, -0.2) is 22.9 Å². The van der Waals surface area contributed by atoms with Gasteiger partial charge in [0.05, 0.1) is 12.7 Å². The van der Waals surface area contributed by atoms with E-state index < -0.39 is 6.10 Å². The van der Waals surface area contributed by atoms with E-state index in [9.17, 15) is 0 Å². The van der Waals surface area contributed by atoms with Gasteiger partial charge in [-0.2, -0.15) is 0 Å². The Morgan fingerprint density at radius 2 is 1.80 bits per heavy atom. The second-order valence-corrected chi connectivity index (χ2v) is 2.63. The molecule has 1 atom stereocenters. The maximum absolute atomic E-state index is 8.00. The zero-order valence-corrected chi connectivity index (χ0v) is 6.29. The van der Waals surface area contributed by atoms with Crippen molar-refractivity contribution in [3.8, 4) is 0 Å². The highest BCUT2D eigenvalue weighted by Gasteiger charge is 2.09. The van der Waals surface area contributed by atoms with Crippen LogP contribution < -0.4 is 0 Å². The third-order valence-corrected chi connectivity index (χ3v) is 1.44. The molecule has 0 saturated heterocycles. The van der Waals surface area contributed by atoms with Crippen molar-refractivity contribution < 1.29 is 10.2 Å². The largest absolute Gasteiger partial charge is 0.394 e. The number of rotatable bonds is 1. The second kappa shape index (κ2) is 5.69. The van der Waals surface area contributed by atoms with Crippen LogP contribution in [0.4, 0.5) is 0 Å². The van der Waals surface area contributed by atoms with Crippen LogP contribution in [0.1, 0.15) is 19.3 Å². The van der Waals surface area contributed by atoms with Gasteiger partial charge in [0.15, 0.2) is 0 Å². The molecule has 1 aliphatic carbocycles. The molecule has 2 nitrogen and oxygen atoms in total. The summed E-state index contributed by atoms with van der Waals surface area (Å²) in [6.07, 6.45) is 3.36. The Kier molecular flexibility index (Phi) is 5.64. The average Bonchev–Trinajstić information content (AvgIpc) is 1.85. The van der Waals surface area contributed by atoms with Crippen LogP contribution in [0.5, 0.6) is 0 Å². The average molecular weight is 144 g/mol. The lowest BCUT2D eigenvalue weighted by molar-refractivity contribution is 0.129. The summed E-state index contributed by atoms with van der Waals surface area (Å²) in [5.41, 5.74) is 0. The van der Waals surface area contributed by atoms with Crippen LogP contribution in [0.15, 0.2) is 0 Å². The molecular formula is C8H16O2. The van der Waals surface area contributed by atoms with Crippen molar-refractivity contribution in [2.24, 2.45) is 5.92 Å². The van der Waals surface area contributed by atoms with Gasteiger partial charge in [0.2, 0.25) is 0 Å². The molecule has 2 N–H and O–H groups in total. The van der Waals surface area contributed by atoms with E-state index in [1.165, 1.54) is 19.3 Å². The van der Waals surface area contributed by atoms with Crippen LogP contribution in [0.25, 0.3) is 0 Å². The number of hydrogen-bond acceptors (Lipinski definition) is 2. The molecule has 0 bridgehead atoms. The molecule has 0 spiro atoms. The zero-order chi connectivity index (χ0) is 7.98. The van der Waals surface area contributed by atoms with Crippen molar-refractivity contribution in [1.82, 2.24) is 0 Å². The van der Waals surface area contributed by atoms with E-state index in [0.717, 1.165) is 5.92 Å². The van der Waals surface area contributed by atoms with Gasteiger partial charge >= 0.3 is 0 Å². The minimum absolute atomic E-state index is 0.250. The Hall–Kier alpha value is -0.0800. The predicted molar refractivity (Wildman–Crippen MR) is 41.1 cm³/mol. The lowest BCUT2D eigenvalue weighted by Gasteiger charge is -2.18. The lowest BCUT2D eigenvalue weighted by Crippen LogP contribution is -2.04. The Balaban J connectivity index is 0.000000162. The van der Waals surface area contributed by atoms with E-state index in [4.69, 9.17) is 10.2 Å². The fourth-order valence-electron chi connectivity index (χ4n) is 0.493. The molecule has 2 radical (unpaired) electrons. The van der Waals surface area contributed by atoms with Gasteiger partial charge in [0.25, 0.3) is 0 Å². The molecule has 10 heavy (non-hydrogen) atoms. The predicted octanol–water partition coefficient (Wildman–Crippen LogP) is 0.794. The summed E-state index contributed by atoms with van der Waals surface area (Å²) in [4.78, 5) is 0. The van der Waals surface area contributed by atoms with Gasteiger partial charge in [-0.25, -0.2) is 0 Å². The summed E-state index contributed by atoms with van der Waals surface area (Å²) in [6.45, 7) is 6.66. The van der Waals surface area contributed by atoms with Crippen LogP contribution in [0.2, 0.25) is 0 Å². The van der Waals surface area contributed by atoms with Crippen LogP contribution >= 0.6 is 0 Å². The first-order valence-electron chi connectivity index (χ1n) is 3.62. The normalized spacial score (nSPS) is 20.4. The quantitative estimate of drug-likeness (QED) is 0.571. The number of aliphatic hydroxyl groups excluding tert-OH is 2. The molecule has 0 aliphatic heterocycles. The summed E-state index contributed by atoms with van der Waals surface area (Å²) in [5, 5.41) is 15.8. The van der Waals surface area contributed by atoms with Gasteiger partial charge in [0.1, 0.15) is 0 Å². The van der Waals surface area contributed by atoms with Crippen molar-refractivity contribution in [1.29, 1.82) is 0 Å². The molecule has 0 aromatic carbocycles. The summed E-state index contributed by atoms with van der Waals surface area (Å²) in [6, 6.07) is 0. The number of hydrogen-bond donors (Lipinski definition) is 2. The maximum Gasteiger partial charge on any atom is 0.0771 e. The Morgan fingerprint density at radius 3 is 1.80 bits per heavy atom. The van der Waals surface area contributed by atoms with Crippen LogP contribution in [-0.2, 0) is 0 Å². The van der Waals surface area contributed by atoms with E-state index in [2.05, 4.69) is 13.8 Å². The van der Waals surface area contributed by atoms with Gasteiger partial charge in [-0.05, 0) is 12.8 Å². The van der Waals surface area contributed by atoms with E-state index in [-0.39, 0.29) is 6.61 Å². The SMILES string of the molecule is [CH2]C(O)CO.[CH2]C1CCC1. The van der Waals surface area contributed by atoms with E-state index in [1.807, 2.05) is 0 Å². The molecule has 1 unspecified atom stereocenters. The minimum atomic E-state index is -0.810. The van der Waals surface area contributed by atoms with E-state index in [1.54, 1.807) is 0 Å². The first kappa shape index (κ1) is 9.92. The molecular weight excluding hydrogens is 128 g/mol. The van der Waals surface area contributed by atoms with Crippen molar-refractivity contribution in [2.75, 3.05) is 6.61 Å². The van der Waals surface area contributed by atoms with Crippen molar-refractivity contribution >= 4 is 0 Å². The molecule has 0 heterocycles. The van der Waals surface area contributed by atoms with E-state index in [0.29, 0.717) is 0 Å². The first-order chi connectivity index (χ1) is 4.66. The highest BCUT2D eigenvalue weighted by atomic mass is 16.3. The van der Waals surface area contributed by atoms with Crippen molar-refractivity contribution in [3.63, 3.8) is 0 Å². The van der Waals surface area contributed by atoms with Gasteiger partial charge in [0, 0.05) is 0 Å². The molecule has 0 aromatic heterocycles. The summed E-state index contributed by atoms with van der Waals surface area (Å²) >= 11 is 0. The summed E-state index contributed by atoms with van der Waals surface area (Å²) < 4.78 is 0. The zero-order valence-electron chi connectivity index (χ0n) is 6.29. The topological polar surface area (TPSA) is 40.5 Å². The fraction of sp³-hybridized carbons (Fsp3) is 0.750. The third-order valence-electron chi connectivity index (χ3n) is 1.44. The van der Waals surface area contributed by atoms with Gasteiger partial charge in [-0.3, -0.25) is 0 Å². The fourth-order valence-corrected chi connectivity index (χ4v) is 0.493. The third kappa shape index (κ3) is 6.05. The molecule has 0 amide bonds. The summed E-state index contributed by atoms with van der Waals surface area (Å²) in [5.74, 6) is 0.815. The van der Waals surface area contributed by atoms with Crippen LogP contribution in [0, 0.1) is 19.8 Å². The van der Waals surface area contributed by atoms with Crippen LogP contribution in [0.3, 0.4) is 0 Å². The van der Waals surface area contributed by atoms with Gasteiger partial charge < -0.3 is 10.2 Å². The second-order valence-electron chi connectivity index (χ2n) is 2.63. The molecule has 60 valence electrons. The Labute approximate surface area is 62.9 Å². The minimum Gasteiger partial charge on any atom is -0.394 e. The highest BCUT2D eigenvalue weighted by molar-refractivity contribution is 4.69. The maximum atomic E-state index is 8.00. The molecule has 1 fully saturated rings. The van der Waals surface area contributed by atoms with E-state index >= 15 is 0 Å². The standard InChI is InChI=1S/C5H9.C3H7O2/c1-5-3-2-4-5;1-3(5)2-4/h5H,1-4H2;3-5H,1-2H2. The summed E-state index contributed by atoms with van der Waals surface area (Å²) in [7, 11) is 0. The lowest BCUT2D eigenvalue weighted by atomic mass is 9.88. The van der Waals surface area contributed by atoms with Crippen molar-refractivity contribution in [2.45, 2.75) is 25.4 Å². The molecule has 1 rings (SSSR count). The molecule has 2 heteroatoms. The van der Waals surface area contributed by atoms with Gasteiger partial charge in [-0.15, -0.1) is 0 Å². The smallest absolute Gasteiger partial charge is 0.0771 e. The van der Waals surface area contributed by atoms with Crippen molar-refractivity contribution in [3.05, 3.63) is 13.8 Å². The molecule has 1 aliphatic rings. The number of aliphatic hydroxyl groups is 2. The Morgan fingerprint density at radius 1 is 1.50 bits per heavy atom. The monoisotopic (exact) mass is 144 g/mol. The molecule has 1 saturated carbocycles. The first-order valence-corrected chi connectivity index (χ1v) is 3.62. The van der Waals surface area contributed by atoms with Gasteiger partial charge in [-0.1, -0.05) is 26.2 Å². The Bertz CT molecular complexity index is 63.7. The molecule has 0 aromatic rings. The highest BCUT2D eigenvalue weighted by Crippen LogP contribution is 2.23.